The normalized spacial score (nSPS) is 15.3. The topological polar surface area (TPSA) is 103 Å². The number of amides is 1. The third kappa shape index (κ3) is 4.26. The fraction of sp³-hybridized carbons (Fsp3) is 0.438. The Hall–Kier alpha value is -2.63. The van der Waals surface area contributed by atoms with E-state index in [0.717, 1.165) is 42.6 Å². The van der Waals surface area contributed by atoms with E-state index in [4.69, 9.17) is 0 Å². The van der Waals surface area contributed by atoms with Crippen molar-refractivity contribution in [1.29, 1.82) is 0 Å². The molecule has 8 nitrogen and oxygen atoms in total. The fourth-order valence-electron chi connectivity index (χ4n) is 2.56. The lowest BCUT2D eigenvalue weighted by molar-refractivity contribution is -0.385. The number of carbonyl (C=O) groups excluding carboxylic acids is 1. The van der Waals surface area contributed by atoms with Gasteiger partial charge in [-0.15, -0.1) is 10.2 Å². The summed E-state index contributed by atoms with van der Waals surface area (Å²) >= 11 is 1.07. The molecule has 1 heterocycles. The molecular weight excluding hydrogens is 399 g/mol. The van der Waals surface area contributed by atoms with Gasteiger partial charge in [-0.3, -0.25) is 14.9 Å². The maximum absolute atomic E-state index is 13.2. The number of nitro benzene ring substituents is 1. The fourth-order valence-corrected chi connectivity index (χ4v) is 3.38. The number of nitro groups is 1. The van der Waals surface area contributed by atoms with Crippen molar-refractivity contribution in [2.24, 2.45) is 7.05 Å². The number of benzene rings is 1. The van der Waals surface area contributed by atoms with E-state index in [0.29, 0.717) is 17.1 Å². The van der Waals surface area contributed by atoms with Gasteiger partial charge in [0.05, 0.1) is 21.4 Å². The smallest absolute Gasteiger partial charge is 0.325 e. The number of hydrogen-bond acceptors (Lipinski definition) is 6. The van der Waals surface area contributed by atoms with Gasteiger partial charge < -0.3 is 9.88 Å². The highest BCUT2D eigenvalue weighted by molar-refractivity contribution is 8.00. The molecule has 0 bridgehead atoms. The van der Waals surface area contributed by atoms with Crippen LogP contribution in [-0.2, 0) is 18.0 Å². The molecule has 28 heavy (non-hydrogen) atoms. The van der Waals surface area contributed by atoms with Crippen molar-refractivity contribution in [2.75, 3.05) is 5.32 Å². The second-order valence-corrected chi connectivity index (χ2v) is 7.72. The Bertz CT molecular complexity index is 927. The van der Waals surface area contributed by atoms with Crippen molar-refractivity contribution in [3.8, 4) is 0 Å². The van der Waals surface area contributed by atoms with E-state index < -0.39 is 39.2 Å². The zero-order valence-corrected chi connectivity index (χ0v) is 15.7. The number of carbonyl (C=O) groups is 1. The van der Waals surface area contributed by atoms with Crippen LogP contribution in [0.4, 0.5) is 24.5 Å². The number of hydrogen-bond donors (Lipinski definition) is 1. The summed E-state index contributed by atoms with van der Waals surface area (Å²) in [5.41, 5.74) is -2.52. The van der Waals surface area contributed by atoms with Gasteiger partial charge >= 0.3 is 6.18 Å². The number of nitrogens with one attached hydrogen (secondary N) is 1. The SMILES string of the molecule is C[C@@H](Sc1nnc(C2CC2)n1C)C(=O)Nc1ccc([N+](=O)[O-])cc1C(F)(F)F. The number of non-ortho nitro benzene ring substituents is 1. The number of halogens is 3. The lowest BCUT2D eigenvalue weighted by Crippen LogP contribution is -2.24. The van der Waals surface area contributed by atoms with Gasteiger partial charge in [-0.25, -0.2) is 0 Å². The monoisotopic (exact) mass is 415 g/mol. The van der Waals surface area contributed by atoms with E-state index in [1.807, 2.05) is 0 Å². The van der Waals surface area contributed by atoms with Crippen molar-refractivity contribution < 1.29 is 22.9 Å². The first-order chi connectivity index (χ1) is 13.1. The molecule has 150 valence electrons. The summed E-state index contributed by atoms with van der Waals surface area (Å²) in [6.07, 6.45) is -2.78. The summed E-state index contributed by atoms with van der Waals surface area (Å²) in [5, 5.41) is 20.8. The van der Waals surface area contributed by atoms with E-state index in [1.54, 1.807) is 11.6 Å². The molecule has 1 aromatic carbocycles. The van der Waals surface area contributed by atoms with Crippen LogP contribution in [0.5, 0.6) is 0 Å². The van der Waals surface area contributed by atoms with Crippen LogP contribution in [-0.4, -0.2) is 30.8 Å². The molecular formula is C16H16F3N5O3S. The number of rotatable bonds is 6. The molecule has 1 N–H and O–H groups in total. The molecule has 1 saturated carbocycles. The molecule has 0 aliphatic heterocycles. The highest BCUT2D eigenvalue weighted by Crippen LogP contribution is 2.40. The Kier molecular flexibility index (Phi) is 5.33. The Morgan fingerprint density at radius 2 is 2.07 bits per heavy atom. The van der Waals surface area contributed by atoms with Crippen LogP contribution in [0.25, 0.3) is 0 Å². The molecule has 1 atom stereocenters. The molecule has 1 fully saturated rings. The molecule has 2 aromatic rings. The number of nitrogens with zero attached hydrogens (tertiary/aromatic N) is 4. The molecule has 0 spiro atoms. The molecule has 3 rings (SSSR count). The van der Waals surface area contributed by atoms with E-state index in [9.17, 15) is 28.1 Å². The quantitative estimate of drug-likeness (QED) is 0.438. The lowest BCUT2D eigenvalue weighted by atomic mass is 10.1. The summed E-state index contributed by atoms with van der Waals surface area (Å²) in [7, 11) is 1.78. The Labute approximate surface area is 161 Å². The van der Waals surface area contributed by atoms with Gasteiger partial charge in [0.25, 0.3) is 5.69 Å². The summed E-state index contributed by atoms with van der Waals surface area (Å²) in [6.45, 7) is 1.53. The minimum atomic E-state index is -4.85. The third-order valence-electron chi connectivity index (χ3n) is 4.24. The van der Waals surface area contributed by atoms with Crippen LogP contribution < -0.4 is 5.32 Å². The second-order valence-electron chi connectivity index (χ2n) is 6.41. The maximum atomic E-state index is 13.2. The molecule has 0 saturated heterocycles. The van der Waals surface area contributed by atoms with Crippen molar-refractivity contribution in [3.63, 3.8) is 0 Å². The van der Waals surface area contributed by atoms with E-state index in [2.05, 4.69) is 15.5 Å². The first-order valence-corrected chi connectivity index (χ1v) is 9.18. The minimum Gasteiger partial charge on any atom is -0.325 e. The van der Waals surface area contributed by atoms with Crippen LogP contribution in [0.15, 0.2) is 23.4 Å². The third-order valence-corrected chi connectivity index (χ3v) is 5.37. The second kappa shape index (κ2) is 7.41. The highest BCUT2D eigenvalue weighted by atomic mass is 32.2. The molecule has 0 radical (unpaired) electrons. The van der Waals surface area contributed by atoms with Gasteiger partial charge in [0.2, 0.25) is 5.91 Å². The highest BCUT2D eigenvalue weighted by Gasteiger charge is 2.36. The summed E-state index contributed by atoms with van der Waals surface area (Å²) < 4.78 is 41.5. The first-order valence-electron chi connectivity index (χ1n) is 8.30. The van der Waals surface area contributed by atoms with Gasteiger partial charge in [0.1, 0.15) is 5.82 Å². The Morgan fingerprint density at radius 1 is 1.39 bits per heavy atom. The van der Waals surface area contributed by atoms with Crippen LogP contribution >= 0.6 is 11.8 Å². The molecule has 1 aromatic heterocycles. The average Bonchev–Trinajstić information content (AvgIpc) is 3.39. The van der Waals surface area contributed by atoms with Crippen LogP contribution in [0.3, 0.4) is 0 Å². The van der Waals surface area contributed by atoms with Crippen molar-refractivity contribution in [3.05, 3.63) is 39.7 Å². The number of aromatic nitrogens is 3. The molecule has 1 aliphatic rings. The van der Waals surface area contributed by atoms with Crippen LogP contribution in [0.1, 0.15) is 37.1 Å². The van der Waals surface area contributed by atoms with Gasteiger partial charge in [-0.05, 0) is 25.8 Å². The molecule has 12 heteroatoms. The van der Waals surface area contributed by atoms with Crippen LogP contribution in [0, 0.1) is 10.1 Å². The maximum Gasteiger partial charge on any atom is 0.418 e. The molecule has 1 amide bonds. The van der Waals surface area contributed by atoms with E-state index in [1.165, 1.54) is 6.92 Å². The number of alkyl halides is 3. The number of anilines is 1. The zero-order chi connectivity index (χ0) is 20.6. The number of thioether (sulfide) groups is 1. The predicted molar refractivity (Wildman–Crippen MR) is 95.0 cm³/mol. The summed E-state index contributed by atoms with van der Waals surface area (Å²) in [5.74, 6) is 0.510. The summed E-state index contributed by atoms with van der Waals surface area (Å²) in [6, 6.07) is 2.19. The van der Waals surface area contributed by atoms with E-state index >= 15 is 0 Å². The van der Waals surface area contributed by atoms with Gasteiger partial charge in [0.15, 0.2) is 5.16 Å². The average molecular weight is 415 g/mol. The lowest BCUT2D eigenvalue weighted by Gasteiger charge is -2.16. The van der Waals surface area contributed by atoms with Crippen molar-refractivity contribution >= 4 is 29.0 Å². The predicted octanol–water partition coefficient (Wildman–Crippen LogP) is 3.74. The van der Waals surface area contributed by atoms with Gasteiger partial charge in [0, 0.05) is 25.1 Å². The zero-order valence-electron chi connectivity index (χ0n) is 14.9. The molecule has 1 aliphatic carbocycles. The largest absolute Gasteiger partial charge is 0.418 e. The van der Waals surface area contributed by atoms with E-state index in [-0.39, 0.29) is 0 Å². The Morgan fingerprint density at radius 3 is 2.64 bits per heavy atom. The minimum absolute atomic E-state index is 0.366. The van der Waals surface area contributed by atoms with Crippen molar-refractivity contribution in [2.45, 2.75) is 42.3 Å². The van der Waals surface area contributed by atoms with Gasteiger partial charge in [-0.1, -0.05) is 11.8 Å². The molecule has 0 unspecified atom stereocenters. The van der Waals surface area contributed by atoms with Crippen molar-refractivity contribution in [1.82, 2.24) is 14.8 Å². The van der Waals surface area contributed by atoms with Gasteiger partial charge in [-0.2, -0.15) is 13.2 Å². The van der Waals surface area contributed by atoms with Crippen LogP contribution in [0.2, 0.25) is 0 Å². The first kappa shape index (κ1) is 20.1. The standard InChI is InChI=1S/C16H16F3N5O3S/c1-8(28-15-22-21-13(23(15)2)9-3-4-9)14(25)20-12-6-5-10(24(26)27)7-11(12)16(17,18)19/h5-9H,3-4H2,1-2H3,(H,20,25)/t8-/m1/s1. The summed E-state index contributed by atoms with van der Waals surface area (Å²) in [4.78, 5) is 22.2. The Balaban J connectivity index is 1.75.